The van der Waals surface area contributed by atoms with Crippen LogP contribution in [0.25, 0.3) is 0 Å². The molecular weight excluding hydrogens is 510 g/mol. The van der Waals surface area contributed by atoms with Crippen molar-refractivity contribution < 1.29 is 24.9 Å². The number of aliphatic hydroxyl groups excluding tert-OH is 3. The van der Waals surface area contributed by atoms with E-state index in [0.717, 1.165) is 43.7 Å². The minimum atomic E-state index is -1.36. The molecule has 2 aliphatic rings. The van der Waals surface area contributed by atoms with Crippen LogP contribution in [0, 0.1) is 5.92 Å². The van der Waals surface area contributed by atoms with E-state index in [2.05, 4.69) is 60.8 Å². The molecule has 1 amide bonds. The number of hydrogen-bond acceptors (Lipinski definition) is 9. The minimum absolute atomic E-state index is 0.118. The van der Waals surface area contributed by atoms with Gasteiger partial charge >= 0.3 is 0 Å². The number of carbonyl (C=O) groups excluding carboxylic acids is 1. The molecular formula is C27H45N3O5S2. The maximum absolute atomic E-state index is 13.3. The van der Waals surface area contributed by atoms with Gasteiger partial charge in [-0.2, -0.15) is 0 Å². The first-order valence-electron chi connectivity index (χ1n) is 13.3. The predicted molar refractivity (Wildman–Crippen MR) is 151 cm³/mol. The van der Waals surface area contributed by atoms with Gasteiger partial charge in [0.2, 0.25) is 5.91 Å². The lowest BCUT2D eigenvalue weighted by molar-refractivity contribution is -0.205. The smallest absolute Gasteiger partial charge is 0.237 e. The van der Waals surface area contributed by atoms with E-state index in [9.17, 15) is 20.1 Å². The van der Waals surface area contributed by atoms with Gasteiger partial charge in [-0.25, -0.2) is 0 Å². The Balaban J connectivity index is 1.76. The standard InChI is InChI=1S/C27H45N3O5S2/c1-6-7-18-14-20(28-15-18)26(34)29-21(25-23(32)22(31)24(33)27(35-25)36-5)16(2)37-19-10-8-17(9-11-19)12-13-30(3)4/h8-11,16,18,20-25,27-28,31-33H,6-7,12-15H2,1-5H3,(H,29,34)/t16-,18+,20-,21-,22-,23+,24+,25?,27+/m0/s1. The number of amides is 1. The number of carbonyl (C=O) groups is 1. The second-order valence-corrected chi connectivity index (χ2v) is 13.0. The van der Waals surface area contributed by atoms with Gasteiger partial charge in [-0.05, 0) is 69.8 Å². The Morgan fingerprint density at radius 1 is 1.19 bits per heavy atom. The van der Waals surface area contributed by atoms with E-state index in [0.29, 0.717) is 5.92 Å². The molecule has 2 heterocycles. The third-order valence-electron chi connectivity index (χ3n) is 7.34. The van der Waals surface area contributed by atoms with Gasteiger partial charge in [0.1, 0.15) is 29.9 Å². The van der Waals surface area contributed by atoms with Crippen molar-refractivity contribution in [3.05, 3.63) is 29.8 Å². The summed E-state index contributed by atoms with van der Waals surface area (Å²) in [6.07, 6.45) is 0.950. The van der Waals surface area contributed by atoms with Crippen LogP contribution in [0.3, 0.4) is 0 Å². The molecule has 1 aromatic rings. The number of benzene rings is 1. The van der Waals surface area contributed by atoms with E-state index in [-0.39, 0.29) is 17.2 Å². The highest BCUT2D eigenvalue weighted by Gasteiger charge is 2.48. The SMILES string of the molecule is CCC[C@H]1CN[C@H](C(=O)N[C@H](C2O[C@H](SC)[C@H](O)[C@@H](O)[C@H]2O)[C@H](C)Sc2ccc(CCN(C)C)cc2)C1. The monoisotopic (exact) mass is 555 g/mol. The molecule has 1 aromatic carbocycles. The molecule has 37 heavy (non-hydrogen) atoms. The summed E-state index contributed by atoms with van der Waals surface area (Å²) < 4.78 is 6.10. The first-order valence-corrected chi connectivity index (χ1v) is 15.5. The highest BCUT2D eigenvalue weighted by atomic mass is 32.2. The van der Waals surface area contributed by atoms with Crippen molar-refractivity contribution in [3.63, 3.8) is 0 Å². The molecule has 0 spiro atoms. The van der Waals surface area contributed by atoms with Crippen molar-refractivity contribution in [3.8, 4) is 0 Å². The summed E-state index contributed by atoms with van der Waals surface area (Å²) in [6, 6.07) is 7.54. The molecule has 10 heteroatoms. The van der Waals surface area contributed by atoms with Crippen molar-refractivity contribution in [2.24, 2.45) is 5.92 Å². The molecule has 210 valence electrons. The van der Waals surface area contributed by atoms with Crippen LogP contribution in [0.4, 0.5) is 0 Å². The second kappa shape index (κ2) is 14.5. The second-order valence-electron chi connectivity index (χ2n) is 10.6. The third-order valence-corrected chi connectivity index (χ3v) is 9.40. The van der Waals surface area contributed by atoms with E-state index in [1.807, 2.05) is 6.92 Å². The van der Waals surface area contributed by atoms with Gasteiger partial charge < -0.3 is 35.6 Å². The molecule has 2 saturated heterocycles. The molecule has 1 unspecified atom stereocenters. The number of aliphatic hydroxyl groups is 3. The lowest BCUT2D eigenvalue weighted by Gasteiger charge is -2.44. The maximum atomic E-state index is 13.3. The fraction of sp³-hybridized carbons (Fsp3) is 0.741. The van der Waals surface area contributed by atoms with Crippen molar-refractivity contribution in [1.29, 1.82) is 0 Å². The summed E-state index contributed by atoms with van der Waals surface area (Å²) >= 11 is 2.87. The largest absolute Gasteiger partial charge is 0.388 e. The average Bonchev–Trinajstić information content (AvgIpc) is 3.35. The molecule has 2 aliphatic heterocycles. The number of nitrogens with zero attached hydrogens (tertiary/aromatic N) is 1. The molecule has 0 radical (unpaired) electrons. The number of ether oxygens (including phenoxy) is 1. The minimum Gasteiger partial charge on any atom is -0.388 e. The highest BCUT2D eigenvalue weighted by molar-refractivity contribution is 8.00. The molecule has 3 rings (SSSR count). The van der Waals surface area contributed by atoms with Gasteiger partial charge in [0.15, 0.2) is 0 Å². The first-order chi connectivity index (χ1) is 17.6. The zero-order chi connectivity index (χ0) is 27.1. The molecule has 0 bridgehead atoms. The number of nitrogens with one attached hydrogen (secondary N) is 2. The topological polar surface area (TPSA) is 114 Å². The van der Waals surface area contributed by atoms with Crippen molar-refractivity contribution in [2.45, 2.75) is 91.6 Å². The van der Waals surface area contributed by atoms with Gasteiger partial charge in [0, 0.05) is 16.7 Å². The van der Waals surface area contributed by atoms with E-state index < -0.39 is 35.9 Å². The normalized spacial score (nSPS) is 31.9. The summed E-state index contributed by atoms with van der Waals surface area (Å²) in [5.41, 5.74) is 0.560. The summed E-state index contributed by atoms with van der Waals surface area (Å²) in [4.78, 5) is 16.5. The van der Waals surface area contributed by atoms with Crippen LogP contribution >= 0.6 is 23.5 Å². The zero-order valence-corrected chi connectivity index (χ0v) is 24.3. The van der Waals surface area contributed by atoms with Crippen LogP contribution in [0.15, 0.2) is 29.2 Å². The van der Waals surface area contributed by atoms with Crippen molar-refractivity contribution in [1.82, 2.24) is 15.5 Å². The Morgan fingerprint density at radius 2 is 1.89 bits per heavy atom. The van der Waals surface area contributed by atoms with Crippen LogP contribution in [0.5, 0.6) is 0 Å². The Bertz CT molecular complexity index is 844. The number of hydrogen-bond donors (Lipinski definition) is 5. The molecule has 0 aromatic heterocycles. The number of rotatable bonds is 12. The lowest BCUT2D eigenvalue weighted by atomic mass is 9.92. The van der Waals surface area contributed by atoms with Crippen LogP contribution in [-0.4, -0.2) is 107 Å². The third kappa shape index (κ3) is 8.32. The average molecular weight is 556 g/mol. The fourth-order valence-electron chi connectivity index (χ4n) is 5.11. The van der Waals surface area contributed by atoms with Crippen molar-refractivity contribution in [2.75, 3.05) is 33.4 Å². The van der Waals surface area contributed by atoms with Crippen LogP contribution in [-0.2, 0) is 16.0 Å². The van der Waals surface area contributed by atoms with Gasteiger partial charge in [-0.15, -0.1) is 23.5 Å². The van der Waals surface area contributed by atoms with E-state index >= 15 is 0 Å². The summed E-state index contributed by atoms with van der Waals surface area (Å²) in [6.45, 7) is 5.95. The van der Waals surface area contributed by atoms with Gasteiger partial charge in [0.25, 0.3) is 0 Å². The predicted octanol–water partition coefficient (Wildman–Crippen LogP) is 1.70. The first kappa shape index (κ1) is 30.7. The van der Waals surface area contributed by atoms with E-state index in [4.69, 9.17) is 4.74 Å². The van der Waals surface area contributed by atoms with E-state index in [1.165, 1.54) is 17.3 Å². The number of thioether (sulfide) groups is 2. The quantitative estimate of drug-likeness (QED) is 0.246. The molecule has 8 nitrogen and oxygen atoms in total. The van der Waals surface area contributed by atoms with Crippen LogP contribution in [0.2, 0.25) is 0 Å². The van der Waals surface area contributed by atoms with Crippen LogP contribution < -0.4 is 10.6 Å². The van der Waals surface area contributed by atoms with Gasteiger partial charge in [-0.3, -0.25) is 4.79 Å². The van der Waals surface area contributed by atoms with Crippen molar-refractivity contribution >= 4 is 29.4 Å². The van der Waals surface area contributed by atoms with Gasteiger partial charge in [-0.1, -0.05) is 32.4 Å². The summed E-state index contributed by atoms with van der Waals surface area (Å²) in [5.74, 6) is 0.360. The summed E-state index contributed by atoms with van der Waals surface area (Å²) in [5, 5.41) is 38.2. The Morgan fingerprint density at radius 3 is 2.51 bits per heavy atom. The highest BCUT2D eigenvalue weighted by Crippen LogP contribution is 2.34. The lowest BCUT2D eigenvalue weighted by Crippen LogP contribution is -2.65. The fourth-order valence-corrected chi connectivity index (χ4v) is 6.88. The summed E-state index contributed by atoms with van der Waals surface area (Å²) in [7, 11) is 4.12. The van der Waals surface area contributed by atoms with Gasteiger partial charge in [0.05, 0.1) is 12.1 Å². The Kier molecular flexibility index (Phi) is 12.0. The van der Waals surface area contributed by atoms with E-state index in [1.54, 1.807) is 18.0 Å². The zero-order valence-electron chi connectivity index (χ0n) is 22.7. The Labute approximate surface area is 230 Å². The maximum Gasteiger partial charge on any atom is 0.237 e. The molecule has 2 fully saturated rings. The molecule has 9 atom stereocenters. The molecule has 5 N–H and O–H groups in total. The molecule has 0 aliphatic carbocycles. The number of likely N-dealkylation sites (N-methyl/N-ethyl adjacent to an activating group) is 1. The van der Waals surface area contributed by atoms with Crippen LogP contribution in [0.1, 0.15) is 38.7 Å². The molecule has 0 saturated carbocycles. The Hall–Kier alpha value is -0.850.